The monoisotopic (exact) mass is 369 g/mol. The van der Waals surface area contributed by atoms with Crippen LogP contribution in [0.3, 0.4) is 0 Å². The SMILES string of the molecule is Cc1cc(N2CCc3cc(F)ccc3C2)nc(C)c1NC(=O)CC(C)(C)C. The molecule has 0 spiro atoms. The van der Waals surface area contributed by atoms with Gasteiger partial charge in [-0.2, -0.15) is 0 Å². The van der Waals surface area contributed by atoms with E-state index in [1.807, 2.05) is 46.8 Å². The van der Waals surface area contributed by atoms with Gasteiger partial charge in [-0.1, -0.05) is 26.8 Å². The molecule has 0 radical (unpaired) electrons. The average molecular weight is 369 g/mol. The van der Waals surface area contributed by atoms with Crippen molar-refractivity contribution in [3.8, 4) is 0 Å². The Morgan fingerprint density at radius 3 is 2.63 bits per heavy atom. The number of amides is 1. The van der Waals surface area contributed by atoms with E-state index in [0.29, 0.717) is 6.42 Å². The molecule has 0 atom stereocenters. The minimum absolute atomic E-state index is 0.0113. The molecule has 0 saturated heterocycles. The largest absolute Gasteiger partial charge is 0.352 e. The van der Waals surface area contributed by atoms with Crippen LogP contribution in [0.4, 0.5) is 15.9 Å². The Labute approximate surface area is 160 Å². The zero-order valence-electron chi connectivity index (χ0n) is 16.8. The van der Waals surface area contributed by atoms with Crippen molar-refractivity contribution < 1.29 is 9.18 Å². The number of nitrogens with one attached hydrogen (secondary N) is 1. The van der Waals surface area contributed by atoms with Crippen molar-refractivity contribution in [3.05, 3.63) is 52.5 Å². The first-order chi connectivity index (χ1) is 12.6. The summed E-state index contributed by atoms with van der Waals surface area (Å²) in [7, 11) is 0. The van der Waals surface area contributed by atoms with Crippen molar-refractivity contribution in [1.82, 2.24) is 4.98 Å². The molecule has 0 unspecified atom stereocenters. The molecule has 1 aromatic heterocycles. The minimum atomic E-state index is -0.178. The van der Waals surface area contributed by atoms with Crippen LogP contribution < -0.4 is 10.2 Å². The molecule has 3 rings (SSSR count). The average Bonchev–Trinajstić information content (AvgIpc) is 2.56. The van der Waals surface area contributed by atoms with Gasteiger partial charge in [-0.15, -0.1) is 0 Å². The number of anilines is 2. The molecule has 27 heavy (non-hydrogen) atoms. The molecule has 0 bridgehead atoms. The fourth-order valence-electron chi connectivity index (χ4n) is 3.54. The Hall–Kier alpha value is -2.43. The lowest BCUT2D eigenvalue weighted by Gasteiger charge is -2.30. The zero-order valence-corrected chi connectivity index (χ0v) is 16.8. The van der Waals surface area contributed by atoms with E-state index in [-0.39, 0.29) is 17.1 Å². The van der Waals surface area contributed by atoms with Crippen LogP contribution in [0.15, 0.2) is 24.3 Å². The summed E-state index contributed by atoms with van der Waals surface area (Å²) in [5.41, 5.74) is 4.78. The van der Waals surface area contributed by atoms with Gasteiger partial charge in [0.25, 0.3) is 0 Å². The molecular weight excluding hydrogens is 341 g/mol. The van der Waals surface area contributed by atoms with Crippen LogP contribution in [-0.2, 0) is 17.8 Å². The van der Waals surface area contributed by atoms with Gasteiger partial charge >= 0.3 is 0 Å². The van der Waals surface area contributed by atoms with Gasteiger partial charge in [0.2, 0.25) is 5.91 Å². The number of benzene rings is 1. The first kappa shape index (κ1) is 19.3. The number of pyridine rings is 1. The smallest absolute Gasteiger partial charge is 0.224 e. The molecule has 144 valence electrons. The molecule has 2 heterocycles. The molecule has 5 heteroatoms. The molecule has 2 aromatic rings. The molecular formula is C22H28FN3O. The predicted molar refractivity (Wildman–Crippen MR) is 108 cm³/mol. The van der Waals surface area contributed by atoms with E-state index >= 15 is 0 Å². The van der Waals surface area contributed by atoms with Crippen molar-refractivity contribution >= 4 is 17.4 Å². The highest BCUT2D eigenvalue weighted by molar-refractivity contribution is 5.92. The maximum absolute atomic E-state index is 13.4. The highest BCUT2D eigenvalue weighted by atomic mass is 19.1. The summed E-state index contributed by atoms with van der Waals surface area (Å²) in [5.74, 6) is 0.730. The van der Waals surface area contributed by atoms with E-state index in [9.17, 15) is 9.18 Å². The number of aryl methyl sites for hydroxylation is 2. The summed E-state index contributed by atoms with van der Waals surface area (Å²) in [6.07, 6.45) is 1.27. The van der Waals surface area contributed by atoms with Crippen molar-refractivity contribution in [1.29, 1.82) is 0 Å². The van der Waals surface area contributed by atoms with Gasteiger partial charge in [-0.25, -0.2) is 9.37 Å². The second-order valence-electron chi connectivity index (χ2n) is 8.63. The molecule has 0 aliphatic carbocycles. The Bertz CT molecular complexity index is 847. The first-order valence-electron chi connectivity index (χ1n) is 9.43. The molecule has 1 aromatic carbocycles. The quantitative estimate of drug-likeness (QED) is 0.847. The topological polar surface area (TPSA) is 45.2 Å². The summed E-state index contributed by atoms with van der Waals surface area (Å²) < 4.78 is 13.4. The normalized spacial score (nSPS) is 14.1. The van der Waals surface area contributed by atoms with Crippen LogP contribution in [-0.4, -0.2) is 17.4 Å². The van der Waals surface area contributed by atoms with E-state index in [1.165, 1.54) is 6.07 Å². The lowest BCUT2D eigenvalue weighted by Crippen LogP contribution is -2.31. The van der Waals surface area contributed by atoms with Crippen LogP contribution in [0.1, 0.15) is 49.6 Å². The number of rotatable bonds is 3. The highest BCUT2D eigenvalue weighted by Crippen LogP contribution is 2.29. The Morgan fingerprint density at radius 2 is 1.96 bits per heavy atom. The summed E-state index contributed by atoms with van der Waals surface area (Å²) in [4.78, 5) is 19.2. The van der Waals surface area contributed by atoms with Crippen LogP contribution in [0.5, 0.6) is 0 Å². The molecule has 1 aliphatic heterocycles. The van der Waals surface area contributed by atoms with Gasteiger partial charge in [0.15, 0.2) is 0 Å². The summed E-state index contributed by atoms with van der Waals surface area (Å²) in [5, 5.41) is 3.03. The number of halogens is 1. The van der Waals surface area contributed by atoms with Crippen LogP contribution >= 0.6 is 0 Å². The minimum Gasteiger partial charge on any atom is -0.352 e. The van der Waals surface area contributed by atoms with E-state index < -0.39 is 0 Å². The van der Waals surface area contributed by atoms with Gasteiger partial charge < -0.3 is 10.2 Å². The summed E-state index contributed by atoms with van der Waals surface area (Å²) in [6.45, 7) is 11.6. The third-order valence-electron chi connectivity index (χ3n) is 4.84. The molecule has 0 saturated carbocycles. The fraction of sp³-hybridized carbons (Fsp3) is 0.455. The number of carbonyl (C=O) groups is 1. The van der Waals surface area contributed by atoms with E-state index in [2.05, 4.69) is 10.2 Å². The zero-order chi connectivity index (χ0) is 19.8. The summed E-state index contributed by atoms with van der Waals surface area (Å²) in [6, 6.07) is 7.02. The van der Waals surface area contributed by atoms with E-state index in [4.69, 9.17) is 4.98 Å². The molecule has 1 aliphatic rings. The molecule has 1 amide bonds. The van der Waals surface area contributed by atoms with Gasteiger partial charge in [0.05, 0.1) is 11.4 Å². The molecule has 1 N–H and O–H groups in total. The standard InChI is InChI=1S/C22H28FN3O/c1-14-10-19(24-15(2)21(14)25-20(27)12-22(3,4)5)26-9-8-16-11-18(23)7-6-17(16)13-26/h6-7,10-11H,8-9,12-13H2,1-5H3,(H,25,27). The predicted octanol–water partition coefficient (Wildman–Crippen LogP) is 4.77. The number of aromatic nitrogens is 1. The van der Waals surface area contributed by atoms with Crippen molar-refractivity contribution in [2.75, 3.05) is 16.8 Å². The lowest BCUT2D eigenvalue weighted by molar-refractivity contribution is -0.117. The van der Waals surface area contributed by atoms with Crippen molar-refractivity contribution in [2.45, 2.75) is 54.0 Å². The summed E-state index contributed by atoms with van der Waals surface area (Å²) >= 11 is 0. The molecule has 4 nitrogen and oxygen atoms in total. The number of nitrogens with zero attached hydrogens (tertiary/aromatic N) is 2. The van der Waals surface area contributed by atoms with E-state index in [0.717, 1.165) is 53.4 Å². The lowest BCUT2D eigenvalue weighted by atomic mass is 9.92. The second-order valence-corrected chi connectivity index (χ2v) is 8.63. The Balaban J connectivity index is 1.79. The van der Waals surface area contributed by atoms with E-state index in [1.54, 1.807) is 6.07 Å². The Morgan fingerprint density at radius 1 is 1.22 bits per heavy atom. The maximum Gasteiger partial charge on any atom is 0.224 e. The first-order valence-corrected chi connectivity index (χ1v) is 9.43. The number of hydrogen-bond donors (Lipinski definition) is 1. The number of fused-ring (bicyclic) bond motifs is 1. The molecule has 0 fully saturated rings. The van der Waals surface area contributed by atoms with Gasteiger partial charge in [-0.3, -0.25) is 4.79 Å². The Kier molecular flexibility index (Phi) is 5.22. The van der Waals surface area contributed by atoms with Gasteiger partial charge in [0.1, 0.15) is 11.6 Å². The fourth-order valence-corrected chi connectivity index (χ4v) is 3.54. The van der Waals surface area contributed by atoms with Crippen molar-refractivity contribution in [2.24, 2.45) is 5.41 Å². The van der Waals surface area contributed by atoms with Crippen LogP contribution in [0.2, 0.25) is 0 Å². The maximum atomic E-state index is 13.4. The van der Waals surface area contributed by atoms with Crippen molar-refractivity contribution in [3.63, 3.8) is 0 Å². The third-order valence-corrected chi connectivity index (χ3v) is 4.84. The second kappa shape index (κ2) is 7.29. The highest BCUT2D eigenvalue weighted by Gasteiger charge is 2.21. The third kappa shape index (κ3) is 4.65. The van der Waals surface area contributed by atoms with Gasteiger partial charge in [0, 0.05) is 19.5 Å². The number of carbonyl (C=O) groups excluding carboxylic acids is 1. The van der Waals surface area contributed by atoms with Gasteiger partial charge in [-0.05, 0) is 60.6 Å². The van der Waals surface area contributed by atoms with Crippen LogP contribution in [0.25, 0.3) is 0 Å². The van der Waals surface area contributed by atoms with Crippen LogP contribution in [0, 0.1) is 25.1 Å². The number of hydrogen-bond acceptors (Lipinski definition) is 3.